The van der Waals surface area contributed by atoms with Gasteiger partial charge in [0.25, 0.3) is 0 Å². The minimum Gasteiger partial charge on any atom is -0.374 e. The quantitative estimate of drug-likeness (QED) is 0.746. The second kappa shape index (κ2) is 5.03. The normalized spacial score (nSPS) is 39.4. The third kappa shape index (κ3) is 2.76. The van der Waals surface area contributed by atoms with E-state index in [4.69, 9.17) is 4.74 Å². The van der Waals surface area contributed by atoms with Crippen molar-refractivity contribution in [1.82, 2.24) is 10.6 Å². The van der Waals surface area contributed by atoms with Crippen LogP contribution in [0.4, 0.5) is 0 Å². The maximum Gasteiger partial charge on any atom is 0.0779 e. The maximum absolute atomic E-state index is 5.79. The first-order valence-electron chi connectivity index (χ1n) is 6.74. The van der Waals surface area contributed by atoms with E-state index in [1.807, 2.05) is 0 Å². The van der Waals surface area contributed by atoms with E-state index in [0.29, 0.717) is 5.41 Å². The molecule has 0 radical (unpaired) electrons. The van der Waals surface area contributed by atoms with Crippen LogP contribution in [0.5, 0.6) is 0 Å². The van der Waals surface area contributed by atoms with Gasteiger partial charge in [-0.3, -0.25) is 0 Å². The van der Waals surface area contributed by atoms with Crippen molar-refractivity contribution >= 4 is 0 Å². The molecule has 2 fully saturated rings. The minimum absolute atomic E-state index is 0.0982. The highest BCUT2D eigenvalue weighted by Gasteiger charge is 2.34. The topological polar surface area (TPSA) is 33.3 Å². The Bertz CT molecular complexity index is 218. The van der Waals surface area contributed by atoms with Crippen LogP contribution in [0, 0.1) is 5.41 Å². The van der Waals surface area contributed by atoms with Crippen molar-refractivity contribution in [2.24, 2.45) is 5.41 Å². The fourth-order valence-electron chi connectivity index (χ4n) is 2.94. The SMILES string of the molecule is CCC1(CNCC2(C)CCCO2)CCNC1. The van der Waals surface area contributed by atoms with Crippen LogP contribution in [0.1, 0.15) is 39.5 Å². The van der Waals surface area contributed by atoms with Gasteiger partial charge in [0.2, 0.25) is 0 Å². The van der Waals surface area contributed by atoms with E-state index in [9.17, 15) is 0 Å². The molecule has 2 unspecified atom stereocenters. The summed E-state index contributed by atoms with van der Waals surface area (Å²) in [5.74, 6) is 0. The minimum atomic E-state index is 0.0982. The summed E-state index contributed by atoms with van der Waals surface area (Å²) in [5, 5.41) is 7.12. The summed E-state index contributed by atoms with van der Waals surface area (Å²) in [6.07, 6.45) is 5.01. The molecule has 2 aliphatic heterocycles. The Kier molecular flexibility index (Phi) is 3.88. The van der Waals surface area contributed by atoms with Gasteiger partial charge in [0.1, 0.15) is 0 Å². The highest BCUT2D eigenvalue weighted by molar-refractivity contribution is 4.90. The summed E-state index contributed by atoms with van der Waals surface area (Å²) >= 11 is 0. The molecule has 16 heavy (non-hydrogen) atoms. The van der Waals surface area contributed by atoms with E-state index in [1.54, 1.807) is 0 Å². The predicted molar refractivity (Wildman–Crippen MR) is 66.7 cm³/mol. The van der Waals surface area contributed by atoms with Crippen molar-refractivity contribution in [3.63, 3.8) is 0 Å². The summed E-state index contributed by atoms with van der Waals surface area (Å²) in [5.41, 5.74) is 0.593. The number of rotatable bonds is 5. The number of nitrogens with one attached hydrogen (secondary N) is 2. The molecule has 0 aromatic rings. The van der Waals surface area contributed by atoms with Crippen LogP contribution in [0.2, 0.25) is 0 Å². The van der Waals surface area contributed by atoms with Crippen molar-refractivity contribution in [3.8, 4) is 0 Å². The summed E-state index contributed by atoms with van der Waals surface area (Å²) in [7, 11) is 0. The molecule has 2 N–H and O–H groups in total. The van der Waals surface area contributed by atoms with Crippen LogP contribution < -0.4 is 10.6 Å². The van der Waals surface area contributed by atoms with Gasteiger partial charge in [-0.2, -0.15) is 0 Å². The third-order valence-corrected chi connectivity index (χ3v) is 4.38. The second-order valence-corrected chi connectivity index (χ2v) is 5.79. The van der Waals surface area contributed by atoms with Crippen LogP contribution in [-0.2, 0) is 4.74 Å². The molecule has 94 valence electrons. The second-order valence-electron chi connectivity index (χ2n) is 5.79. The molecule has 2 saturated heterocycles. The molecule has 2 aliphatic rings. The number of hydrogen-bond acceptors (Lipinski definition) is 3. The van der Waals surface area contributed by atoms with Crippen molar-refractivity contribution in [1.29, 1.82) is 0 Å². The zero-order valence-corrected chi connectivity index (χ0v) is 10.8. The van der Waals surface area contributed by atoms with E-state index in [0.717, 1.165) is 19.7 Å². The maximum atomic E-state index is 5.79. The molecule has 0 bridgehead atoms. The van der Waals surface area contributed by atoms with Crippen LogP contribution >= 0.6 is 0 Å². The Hall–Kier alpha value is -0.120. The van der Waals surface area contributed by atoms with Crippen molar-refractivity contribution < 1.29 is 4.74 Å². The molecule has 3 heteroatoms. The lowest BCUT2D eigenvalue weighted by Gasteiger charge is -2.30. The Morgan fingerprint density at radius 3 is 2.75 bits per heavy atom. The molecule has 0 aliphatic carbocycles. The van der Waals surface area contributed by atoms with E-state index < -0.39 is 0 Å². The first-order valence-corrected chi connectivity index (χ1v) is 6.74. The number of ether oxygens (including phenoxy) is 1. The lowest BCUT2D eigenvalue weighted by molar-refractivity contribution is 0.0189. The molecule has 2 heterocycles. The first kappa shape index (κ1) is 12.3. The van der Waals surface area contributed by atoms with Gasteiger partial charge in [-0.25, -0.2) is 0 Å². The Balaban J connectivity index is 1.74. The lowest BCUT2D eigenvalue weighted by Crippen LogP contribution is -2.43. The van der Waals surface area contributed by atoms with Gasteiger partial charge in [0, 0.05) is 26.2 Å². The highest BCUT2D eigenvalue weighted by atomic mass is 16.5. The van der Waals surface area contributed by atoms with Gasteiger partial charge in [0.15, 0.2) is 0 Å². The molecule has 2 rings (SSSR count). The monoisotopic (exact) mass is 226 g/mol. The summed E-state index contributed by atoms with van der Waals surface area (Å²) in [4.78, 5) is 0. The molecule has 0 spiro atoms. The molecule has 0 aromatic heterocycles. The fourth-order valence-corrected chi connectivity index (χ4v) is 2.94. The zero-order chi connectivity index (χ0) is 11.5. The predicted octanol–water partition coefficient (Wildman–Crippen LogP) is 1.53. The molecular weight excluding hydrogens is 200 g/mol. The molecular formula is C13H26N2O. The van der Waals surface area contributed by atoms with Gasteiger partial charge in [-0.15, -0.1) is 0 Å². The van der Waals surface area contributed by atoms with Gasteiger partial charge >= 0.3 is 0 Å². The lowest BCUT2D eigenvalue weighted by atomic mass is 9.84. The molecule has 0 saturated carbocycles. The molecule has 0 amide bonds. The van der Waals surface area contributed by atoms with Crippen LogP contribution in [0.3, 0.4) is 0 Å². The summed E-state index contributed by atoms with van der Waals surface area (Å²) in [6, 6.07) is 0. The van der Waals surface area contributed by atoms with Crippen LogP contribution in [0.15, 0.2) is 0 Å². The first-order chi connectivity index (χ1) is 7.68. The van der Waals surface area contributed by atoms with Crippen molar-refractivity contribution in [3.05, 3.63) is 0 Å². The smallest absolute Gasteiger partial charge is 0.0779 e. The number of hydrogen-bond donors (Lipinski definition) is 2. The Labute approximate surface area is 99.3 Å². The van der Waals surface area contributed by atoms with Gasteiger partial charge in [0.05, 0.1) is 5.60 Å². The van der Waals surface area contributed by atoms with Crippen LogP contribution in [0.25, 0.3) is 0 Å². The Morgan fingerprint density at radius 1 is 1.31 bits per heavy atom. The molecule has 3 nitrogen and oxygen atoms in total. The summed E-state index contributed by atoms with van der Waals surface area (Å²) in [6.45, 7) is 9.99. The standard InChI is InChI=1S/C13H26N2O/c1-3-13(6-7-14-10-13)11-15-9-12(2)5-4-8-16-12/h14-15H,3-11H2,1-2H3. The summed E-state index contributed by atoms with van der Waals surface area (Å²) < 4.78 is 5.79. The average molecular weight is 226 g/mol. The highest BCUT2D eigenvalue weighted by Crippen LogP contribution is 2.29. The van der Waals surface area contributed by atoms with Gasteiger partial charge in [-0.05, 0) is 44.6 Å². The molecule has 2 atom stereocenters. The van der Waals surface area contributed by atoms with Crippen molar-refractivity contribution in [2.75, 3.05) is 32.8 Å². The fraction of sp³-hybridized carbons (Fsp3) is 1.00. The van der Waals surface area contributed by atoms with E-state index in [-0.39, 0.29) is 5.60 Å². The largest absolute Gasteiger partial charge is 0.374 e. The Morgan fingerprint density at radius 2 is 2.19 bits per heavy atom. The van der Waals surface area contributed by atoms with Crippen molar-refractivity contribution in [2.45, 2.75) is 45.1 Å². The molecule has 0 aromatic carbocycles. The van der Waals surface area contributed by atoms with Gasteiger partial charge in [-0.1, -0.05) is 6.92 Å². The van der Waals surface area contributed by atoms with Gasteiger partial charge < -0.3 is 15.4 Å². The third-order valence-electron chi connectivity index (χ3n) is 4.38. The van der Waals surface area contributed by atoms with E-state index in [2.05, 4.69) is 24.5 Å². The van der Waals surface area contributed by atoms with Crippen LogP contribution in [-0.4, -0.2) is 38.4 Å². The average Bonchev–Trinajstić information content (AvgIpc) is 2.89. The van der Waals surface area contributed by atoms with E-state index in [1.165, 1.54) is 38.8 Å². The van der Waals surface area contributed by atoms with E-state index >= 15 is 0 Å². The zero-order valence-electron chi connectivity index (χ0n) is 10.8.